The summed E-state index contributed by atoms with van der Waals surface area (Å²) in [5.41, 5.74) is 14.4. The van der Waals surface area contributed by atoms with Gasteiger partial charge in [-0.1, -0.05) is 81.6 Å². The molecule has 8 heteroatoms. The molecule has 4 nitrogen and oxygen atoms in total. The maximum atomic E-state index is 14.4. The van der Waals surface area contributed by atoms with Gasteiger partial charge in [-0.25, -0.2) is 4.98 Å². The first kappa shape index (κ1) is 47.5. The summed E-state index contributed by atoms with van der Waals surface area (Å²) in [7, 11) is 0. The molecular weight excluding hydrogens is 1090 g/mol. The zero-order valence-corrected chi connectivity index (χ0v) is 45.7. The van der Waals surface area contributed by atoms with Crippen molar-refractivity contribution in [2.75, 3.05) is 0 Å². The van der Waals surface area contributed by atoms with Gasteiger partial charge in [-0.15, -0.1) is 35.1 Å². The molecule has 0 saturated carbocycles. The molecule has 345 valence electrons. The Hall–Kier alpha value is -5.57. The number of halogens is 1. The van der Waals surface area contributed by atoms with Gasteiger partial charge < -0.3 is 4.57 Å². The molecular formula is C60H57FGeIrN4S-2. The Morgan fingerprint density at radius 3 is 1.96 bits per heavy atom. The fourth-order valence-electron chi connectivity index (χ4n) is 8.93. The fourth-order valence-corrected chi connectivity index (χ4v) is 13.4. The van der Waals surface area contributed by atoms with Gasteiger partial charge in [-0.3, -0.25) is 4.98 Å². The van der Waals surface area contributed by atoms with E-state index in [2.05, 4.69) is 158 Å². The van der Waals surface area contributed by atoms with E-state index in [9.17, 15) is 4.39 Å². The van der Waals surface area contributed by atoms with Gasteiger partial charge in [0.15, 0.2) is 0 Å². The van der Waals surface area contributed by atoms with Crippen molar-refractivity contribution >= 4 is 60.3 Å². The summed E-state index contributed by atoms with van der Waals surface area (Å²) in [5.74, 6) is 7.48. The molecule has 0 amide bonds. The number of rotatable bonds is 9. The number of benzene rings is 6. The fraction of sp³-hybridized carbons (Fsp3) is 0.217. The molecule has 0 N–H and O–H groups in total. The van der Waals surface area contributed by atoms with E-state index in [0.29, 0.717) is 17.4 Å². The van der Waals surface area contributed by atoms with Gasteiger partial charge in [-0.2, -0.15) is 0 Å². The van der Waals surface area contributed by atoms with E-state index in [-0.39, 0.29) is 25.9 Å². The van der Waals surface area contributed by atoms with Crippen molar-refractivity contribution < 1.29 is 25.9 Å². The van der Waals surface area contributed by atoms with Crippen molar-refractivity contribution in [1.82, 2.24) is 19.5 Å². The second-order valence-electron chi connectivity index (χ2n) is 19.3. The van der Waals surface area contributed by atoms with Crippen LogP contribution in [0.4, 0.5) is 4.39 Å². The van der Waals surface area contributed by atoms with Gasteiger partial charge in [-0.05, 0) is 81.4 Å². The quantitative estimate of drug-likeness (QED) is 0.107. The summed E-state index contributed by atoms with van der Waals surface area (Å²) in [6, 6.07) is 54.1. The van der Waals surface area contributed by atoms with E-state index < -0.39 is 19.2 Å². The number of fused-ring (bicyclic) bond motifs is 4. The summed E-state index contributed by atoms with van der Waals surface area (Å²) >= 11 is -0.466. The van der Waals surface area contributed by atoms with Crippen LogP contribution in [0.25, 0.3) is 81.9 Å². The second-order valence-corrected chi connectivity index (χ2v) is 30.9. The average molecular weight is 1150 g/mol. The number of para-hydroxylation sites is 2. The van der Waals surface area contributed by atoms with Gasteiger partial charge in [0.05, 0.1) is 16.9 Å². The molecule has 0 bridgehead atoms. The average Bonchev–Trinajstić information content (AvgIpc) is 3.89. The minimum absolute atomic E-state index is 0. The third kappa shape index (κ3) is 9.82. The van der Waals surface area contributed by atoms with Crippen LogP contribution in [0.1, 0.15) is 83.0 Å². The topological polar surface area (TPSA) is 43.6 Å². The van der Waals surface area contributed by atoms with Gasteiger partial charge in [0, 0.05) is 31.5 Å². The molecule has 10 rings (SSSR count). The normalized spacial score (nSPS) is 12.1. The zero-order chi connectivity index (χ0) is 48.1. The third-order valence-corrected chi connectivity index (χ3v) is 17.7. The summed E-state index contributed by atoms with van der Waals surface area (Å²) in [5, 5.41) is 2.38. The molecule has 4 heterocycles. The van der Waals surface area contributed by atoms with Crippen LogP contribution in [0.5, 0.6) is 0 Å². The van der Waals surface area contributed by atoms with E-state index >= 15 is 0 Å². The zero-order valence-electron chi connectivity index (χ0n) is 41.4. The van der Waals surface area contributed by atoms with Crippen molar-refractivity contribution in [3.05, 3.63) is 186 Å². The second kappa shape index (κ2) is 20.2. The minimum atomic E-state index is -2.17. The first-order valence-electron chi connectivity index (χ1n) is 23.7. The molecule has 6 aromatic carbocycles. The van der Waals surface area contributed by atoms with Gasteiger partial charge >= 0.3 is 160 Å². The SMILES string of the molecule is Cc1ccc2c(n1)sc1[c-]c(-c3nc4ccccc4n3-c3c(C(C)C)cc(-c4ccccc4)cc3C(C)C)ccc12.[2H]C(C)(C)c1cc(-c2[c-]cc(F)c(-c3ccccc3)c2)nc[c]1[Ge]([CH3])([CH3])[CH3].[Ir]. The Morgan fingerprint density at radius 1 is 0.676 bits per heavy atom. The monoisotopic (exact) mass is 1150 g/mol. The molecule has 1 radical (unpaired) electrons. The summed E-state index contributed by atoms with van der Waals surface area (Å²) in [4.78, 5) is 15.7. The number of pyridine rings is 2. The Balaban J connectivity index is 0.000000200. The van der Waals surface area contributed by atoms with E-state index in [4.69, 9.17) is 11.3 Å². The molecule has 0 atom stereocenters. The molecule has 0 spiro atoms. The summed E-state index contributed by atoms with van der Waals surface area (Å²) < 4.78 is 27.7. The summed E-state index contributed by atoms with van der Waals surface area (Å²) in [6.45, 7) is 15.0. The third-order valence-electron chi connectivity index (χ3n) is 12.5. The number of imidazole rings is 1. The predicted molar refractivity (Wildman–Crippen MR) is 285 cm³/mol. The van der Waals surface area contributed by atoms with Crippen molar-refractivity contribution in [3.8, 4) is 50.6 Å². The number of aromatic nitrogens is 4. The number of nitrogens with zero attached hydrogens (tertiary/aromatic N) is 4. The van der Waals surface area contributed by atoms with Crippen LogP contribution in [0.15, 0.2) is 146 Å². The van der Waals surface area contributed by atoms with Crippen LogP contribution in [0.3, 0.4) is 0 Å². The van der Waals surface area contributed by atoms with Crippen LogP contribution in [-0.4, -0.2) is 32.8 Å². The molecule has 0 aliphatic carbocycles. The van der Waals surface area contributed by atoms with Crippen molar-refractivity contribution in [2.24, 2.45) is 0 Å². The van der Waals surface area contributed by atoms with E-state index in [1.807, 2.05) is 63.4 Å². The molecule has 0 fully saturated rings. The number of hydrogen-bond donors (Lipinski definition) is 0. The summed E-state index contributed by atoms with van der Waals surface area (Å²) in [6.07, 6.45) is 1.93. The van der Waals surface area contributed by atoms with Crippen LogP contribution in [-0.2, 0) is 20.1 Å². The molecule has 0 unspecified atom stereocenters. The van der Waals surface area contributed by atoms with E-state index in [0.717, 1.165) is 60.0 Å². The van der Waals surface area contributed by atoms with Crippen LogP contribution in [0.2, 0.25) is 17.3 Å². The van der Waals surface area contributed by atoms with Crippen molar-refractivity contribution in [3.63, 3.8) is 0 Å². The Bertz CT molecular complexity index is 3430. The van der Waals surface area contributed by atoms with Crippen molar-refractivity contribution in [1.29, 1.82) is 0 Å². The van der Waals surface area contributed by atoms with Gasteiger partial charge in [0.2, 0.25) is 0 Å². The number of thiophene rings is 1. The Kier molecular flexibility index (Phi) is 14.1. The predicted octanol–water partition coefficient (Wildman–Crippen LogP) is 16.5. The van der Waals surface area contributed by atoms with Crippen LogP contribution >= 0.6 is 11.3 Å². The van der Waals surface area contributed by atoms with E-state index in [1.165, 1.54) is 49.2 Å². The van der Waals surface area contributed by atoms with Crippen LogP contribution < -0.4 is 4.40 Å². The van der Waals surface area contributed by atoms with E-state index in [1.54, 1.807) is 17.4 Å². The molecule has 0 aliphatic heterocycles. The number of aryl methyl sites for hydroxylation is 1. The van der Waals surface area contributed by atoms with Crippen LogP contribution in [0, 0.1) is 24.9 Å². The maximum absolute atomic E-state index is 14.4. The molecule has 0 saturated heterocycles. The molecule has 4 aromatic heterocycles. The first-order valence-corrected chi connectivity index (χ1v) is 31.3. The molecule has 0 aliphatic rings. The minimum Gasteiger partial charge on any atom is 0 e. The van der Waals surface area contributed by atoms with Crippen molar-refractivity contribution in [2.45, 2.75) is 83.5 Å². The molecule has 10 aromatic rings. The number of hydrogen-bond acceptors (Lipinski definition) is 4. The smallest absolute Gasteiger partial charge is 0 e. The molecule has 68 heavy (non-hydrogen) atoms. The Labute approximate surface area is 422 Å². The van der Waals surface area contributed by atoms with Gasteiger partial charge in [0.25, 0.3) is 0 Å². The Morgan fingerprint density at radius 2 is 1.31 bits per heavy atom. The standard InChI is InChI=1S/C37H32N3S.C23H25FGeN.Ir/c1-22(2)30-19-27(25-11-7-6-8-12-25)20-31(23(3)4)35(30)40-33-14-10-9-13-32(33)39-36(40)26-16-18-28-29-17-15-24(5)38-37(29)41-34(28)21-26;1-16(2)19-14-23(26-15-22(19)25(3,4)5)18-11-12-21(24)20(13-18)17-9-7-6-8-10-17;/h6-20,22-23H,1-5H3;6-10,12-16H,1-5H3;/q2*-1;/i;16D;. The maximum Gasteiger partial charge on any atom is 0 e. The first-order chi connectivity index (χ1) is 32.5. The van der Waals surface area contributed by atoms with Gasteiger partial charge in [0.1, 0.15) is 4.83 Å². The largest absolute Gasteiger partial charge is 0 e.